The Morgan fingerprint density at radius 3 is 2.25 bits per heavy atom. The van der Waals surface area contributed by atoms with Gasteiger partial charge in [-0.1, -0.05) is 19.1 Å². The SMILES string of the molecule is CC[C@]1(C(=O)O)C[C@@H](C(=O)NC(C)(C)C(=O)O)[C@@H](c2ccc(OC)cc2)N1C. The molecule has 3 atom stereocenters. The number of likely N-dealkylation sites (N-methyl/N-ethyl adjacent to an activating group) is 1. The van der Waals surface area contributed by atoms with Crippen LogP contribution in [0.4, 0.5) is 0 Å². The fraction of sp³-hybridized carbons (Fsp3) is 0.550. The molecule has 1 aromatic carbocycles. The van der Waals surface area contributed by atoms with Crippen molar-refractivity contribution in [3.8, 4) is 5.75 Å². The van der Waals surface area contributed by atoms with Gasteiger partial charge in [-0.2, -0.15) is 0 Å². The van der Waals surface area contributed by atoms with E-state index in [9.17, 15) is 24.6 Å². The van der Waals surface area contributed by atoms with Crippen LogP contribution in [0.5, 0.6) is 5.75 Å². The molecule has 28 heavy (non-hydrogen) atoms. The Labute approximate surface area is 164 Å². The van der Waals surface area contributed by atoms with Crippen LogP contribution in [0.2, 0.25) is 0 Å². The molecule has 0 spiro atoms. The number of carbonyl (C=O) groups is 3. The monoisotopic (exact) mass is 392 g/mol. The summed E-state index contributed by atoms with van der Waals surface area (Å²) in [6, 6.07) is 6.61. The van der Waals surface area contributed by atoms with Crippen LogP contribution in [-0.2, 0) is 14.4 Å². The van der Waals surface area contributed by atoms with Crippen molar-refractivity contribution in [1.29, 1.82) is 0 Å². The number of nitrogens with one attached hydrogen (secondary N) is 1. The molecular weight excluding hydrogens is 364 g/mol. The molecule has 1 saturated heterocycles. The van der Waals surface area contributed by atoms with Crippen molar-refractivity contribution in [2.45, 2.75) is 50.7 Å². The first-order chi connectivity index (χ1) is 13.0. The molecule has 1 aliphatic heterocycles. The first kappa shape index (κ1) is 21.7. The molecule has 0 bridgehead atoms. The van der Waals surface area contributed by atoms with Crippen molar-refractivity contribution in [3.63, 3.8) is 0 Å². The van der Waals surface area contributed by atoms with Crippen LogP contribution in [-0.4, -0.2) is 58.2 Å². The molecule has 1 heterocycles. The zero-order valence-electron chi connectivity index (χ0n) is 16.9. The summed E-state index contributed by atoms with van der Waals surface area (Å²) in [5.74, 6) is -2.70. The molecular formula is C20H28N2O6. The van der Waals surface area contributed by atoms with Gasteiger partial charge in [0.1, 0.15) is 16.8 Å². The minimum Gasteiger partial charge on any atom is -0.497 e. The zero-order valence-corrected chi connectivity index (χ0v) is 16.9. The fourth-order valence-electron chi connectivity index (χ4n) is 3.89. The van der Waals surface area contributed by atoms with Crippen LogP contribution < -0.4 is 10.1 Å². The second kappa shape index (κ2) is 7.79. The minimum absolute atomic E-state index is 0.0908. The van der Waals surface area contributed by atoms with Crippen molar-refractivity contribution >= 4 is 17.8 Å². The number of carboxylic acids is 2. The standard InChI is InChI=1S/C20H28N2O6/c1-6-20(18(26)27)11-14(16(23)21-19(2,3)17(24)25)15(22(20)4)12-7-9-13(28-5)10-8-12/h7-10,14-15H,6,11H2,1-5H3,(H,21,23)(H,24,25)(H,26,27)/t14-,15-,20-/m1/s1. The van der Waals surface area contributed by atoms with Crippen molar-refractivity contribution in [2.75, 3.05) is 14.2 Å². The average Bonchev–Trinajstić information content (AvgIpc) is 2.95. The number of methoxy groups -OCH3 is 1. The van der Waals surface area contributed by atoms with E-state index in [-0.39, 0.29) is 6.42 Å². The summed E-state index contributed by atoms with van der Waals surface area (Å²) in [4.78, 5) is 38.3. The molecule has 8 heteroatoms. The molecule has 2 rings (SSSR count). The number of amides is 1. The molecule has 1 amide bonds. The Morgan fingerprint density at radius 1 is 1.25 bits per heavy atom. The Balaban J connectivity index is 2.47. The number of carbonyl (C=O) groups excluding carboxylic acids is 1. The lowest BCUT2D eigenvalue weighted by atomic mass is 9.86. The van der Waals surface area contributed by atoms with Gasteiger partial charge in [-0.15, -0.1) is 0 Å². The van der Waals surface area contributed by atoms with Crippen molar-refractivity contribution < 1.29 is 29.3 Å². The van der Waals surface area contributed by atoms with E-state index in [0.717, 1.165) is 5.56 Å². The van der Waals surface area contributed by atoms with Crippen LogP contribution in [0.3, 0.4) is 0 Å². The van der Waals surface area contributed by atoms with E-state index in [1.807, 2.05) is 0 Å². The van der Waals surface area contributed by atoms with Gasteiger partial charge in [0.15, 0.2) is 0 Å². The third-order valence-electron chi connectivity index (χ3n) is 5.78. The summed E-state index contributed by atoms with van der Waals surface area (Å²) < 4.78 is 5.17. The van der Waals surface area contributed by atoms with Gasteiger partial charge in [-0.3, -0.25) is 14.5 Å². The van der Waals surface area contributed by atoms with E-state index in [2.05, 4.69) is 5.32 Å². The van der Waals surface area contributed by atoms with Crippen LogP contribution in [0.25, 0.3) is 0 Å². The summed E-state index contributed by atoms with van der Waals surface area (Å²) in [6.07, 6.45) is 0.408. The fourth-order valence-corrected chi connectivity index (χ4v) is 3.89. The van der Waals surface area contributed by atoms with Gasteiger partial charge in [0.05, 0.1) is 13.0 Å². The predicted molar refractivity (Wildman–Crippen MR) is 102 cm³/mol. The van der Waals surface area contributed by atoms with Gasteiger partial charge in [0, 0.05) is 6.04 Å². The van der Waals surface area contributed by atoms with Gasteiger partial charge in [-0.05, 0) is 51.4 Å². The zero-order chi connectivity index (χ0) is 21.3. The van der Waals surface area contributed by atoms with Gasteiger partial charge in [-0.25, -0.2) is 4.79 Å². The second-order valence-corrected chi connectivity index (χ2v) is 7.75. The molecule has 8 nitrogen and oxygen atoms in total. The summed E-state index contributed by atoms with van der Waals surface area (Å²) in [7, 11) is 3.25. The number of likely N-dealkylation sites (tertiary alicyclic amines) is 1. The van der Waals surface area contributed by atoms with Crippen molar-refractivity contribution in [1.82, 2.24) is 10.2 Å². The maximum absolute atomic E-state index is 13.0. The first-order valence-corrected chi connectivity index (χ1v) is 9.16. The molecule has 1 aliphatic rings. The van der Waals surface area contributed by atoms with Crippen LogP contribution in [0, 0.1) is 5.92 Å². The molecule has 1 fully saturated rings. The van der Waals surface area contributed by atoms with Crippen LogP contribution in [0.1, 0.15) is 45.2 Å². The normalized spacial score (nSPS) is 25.3. The number of rotatable bonds is 7. The smallest absolute Gasteiger partial charge is 0.328 e. The highest BCUT2D eigenvalue weighted by Crippen LogP contribution is 2.48. The number of carboxylic acid groups (broad SMARTS) is 2. The Bertz CT molecular complexity index is 760. The van der Waals surface area contributed by atoms with Crippen molar-refractivity contribution in [3.05, 3.63) is 29.8 Å². The van der Waals surface area contributed by atoms with E-state index in [1.54, 1.807) is 50.2 Å². The summed E-state index contributed by atoms with van der Waals surface area (Å²) in [5, 5.41) is 21.8. The molecule has 0 saturated carbocycles. The summed E-state index contributed by atoms with van der Waals surface area (Å²) in [6.45, 7) is 4.58. The topological polar surface area (TPSA) is 116 Å². The summed E-state index contributed by atoms with van der Waals surface area (Å²) in [5.41, 5.74) is -1.89. The highest BCUT2D eigenvalue weighted by molar-refractivity contribution is 5.89. The lowest BCUT2D eigenvalue weighted by Gasteiger charge is -2.34. The molecule has 0 radical (unpaired) electrons. The largest absolute Gasteiger partial charge is 0.497 e. The van der Waals surface area contributed by atoms with E-state index >= 15 is 0 Å². The van der Waals surface area contributed by atoms with Gasteiger partial charge in [0.2, 0.25) is 5.91 Å². The van der Waals surface area contributed by atoms with Gasteiger partial charge in [0.25, 0.3) is 0 Å². The number of ether oxygens (including phenoxy) is 1. The Morgan fingerprint density at radius 2 is 1.82 bits per heavy atom. The molecule has 0 unspecified atom stereocenters. The number of hydrogen-bond donors (Lipinski definition) is 3. The van der Waals surface area contributed by atoms with E-state index < -0.39 is 40.9 Å². The van der Waals surface area contributed by atoms with Crippen LogP contribution >= 0.6 is 0 Å². The minimum atomic E-state index is -1.46. The molecule has 1 aromatic rings. The van der Waals surface area contributed by atoms with Gasteiger partial charge >= 0.3 is 11.9 Å². The van der Waals surface area contributed by atoms with E-state index in [4.69, 9.17) is 4.74 Å². The number of hydrogen-bond acceptors (Lipinski definition) is 5. The molecule has 154 valence electrons. The molecule has 0 aliphatic carbocycles. The lowest BCUT2D eigenvalue weighted by molar-refractivity contribution is -0.150. The van der Waals surface area contributed by atoms with Crippen LogP contribution in [0.15, 0.2) is 24.3 Å². The average molecular weight is 392 g/mol. The highest BCUT2D eigenvalue weighted by Gasteiger charge is 2.56. The number of benzene rings is 1. The summed E-state index contributed by atoms with van der Waals surface area (Å²) >= 11 is 0. The Hall–Kier alpha value is -2.61. The maximum Gasteiger partial charge on any atom is 0.328 e. The van der Waals surface area contributed by atoms with E-state index in [0.29, 0.717) is 12.2 Å². The van der Waals surface area contributed by atoms with E-state index in [1.165, 1.54) is 13.8 Å². The third-order valence-corrected chi connectivity index (χ3v) is 5.78. The highest BCUT2D eigenvalue weighted by atomic mass is 16.5. The Kier molecular flexibility index (Phi) is 6.03. The number of aliphatic carboxylic acids is 2. The maximum atomic E-state index is 13.0. The third kappa shape index (κ3) is 3.69. The number of nitrogens with zero attached hydrogens (tertiary/aromatic N) is 1. The molecule has 0 aromatic heterocycles. The van der Waals surface area contributed by atoms with Crippen molar-refractivity contribution in [2.24, 2.45) is 5.92 Å². The second-order valence-electron chi connectivity index (χ2n) is 7.75. The first-order valence-electron chi connectivity index (χ1n) is 9.16. The molecule has 3 N–H and O–H groups in total. The quantitative estimate of drug-likeness (QED) is 0.649. The predicted octanol–water partition coefficient (Wildman–Crippen LogP) is 1.90. The van der Waals surface area contributed by atoms with Gasteiger partial charge < -0.3 is 20.3 Å². The lowest BCUT2D eigenvalue weighted by Crippen LogP contribution is -2.52.